The van der Waals surface area contributed by atoms with Gasteiger partial charge in [-0.1, -0.05) is 55.0 Å². The highest BCUT2D eigenvalue weighted by molar-refractivity contribution is 5.77. The molecule has 7 heteroatoms. The van der Waals surface area contributed by atoms with E-state index in [1.165, 1.54) is 14.7 Å². The van der Waals surface area contributed by atoms with E-state index in [9.17, 15) is 9.59 Å². The zero-order valence-electron chi connectivity index (χ0n) is 18.7. The van der Waals surface area contributed by atoms with Gasteiger partial charge >= 0.3 is 5.69 Å². The molecule has 2 aromatic carbocycles. The molecule has 0 radical (unpaired) electrons. The van der Waals surface area contributed by atoms with Crippen LogP contribution in [0.15, 0.2) is 64.2 Å². The number of imidazole rings is 1. The fourth-order valence-electron chi connectivity index (χ4n) is 4.53. The van der Waals surface area contributed by atoms with Crippen molar-refractivity contribution in [3.8, 4) is 0 Å². The van der Waals surface area contributed by atoms with Crippen LogP contribution in [-0.4, -0.2) is 25.2 Å². The molecular formula is C25H27N5O2. The number of aromatic nitrogens is 4. The molecule has 7 nitrogen and oxygen atoms in total. The number of hydrogen-bond donors (Lipinski definition) is 0. The Balaban J connectivity index is 1.65. The molecule has 164 valence electrons. The van der Waals surface area contributed by atoms with Crippen molar-refractivity contribution < 1.29 is 0 Å². The molecule has 1 atom stereocenters. The van der Waals surface area contributed by atoms with Crippen molar-refractivity contribution in [2.75, 3.05) is 11.4 Å². The summed E-state index contributed by atoms with van der Waals surface area (Å²) in [4.78, 5) is 33.5. The minimum absolute atomic E-state index is 0.268. The van der Waals surface area contributed by atoms with E-state index in [1.54, 1.807) is 7.05 Å². The van der Waals surface area contributed by atoms with Gasteiger partial charge in [0.15, 0.2) is 11.2 Å². The molecule has 32 heavy (non-hydrogen) atoms. The third kappa shape index (κ3) is 3.34. The molecule has 1 aliphatic rings. The summed E-state index contributed by atoms with van der Waals surface area (Å²) in [6.45, 7) is 6.07. The number of benzene rings is 2. The van der Waals surface area contributed by atoms with Crippen molar-refractivity contribution in [1.82, 2.24) is 18.7 Å². The molecule has 0 spiro atoms. The highest BCUT2D eigenvalue weighted by Crippen LogP contribution is 2.32. The second-order valence-electron chi connectivity index (χ2n) is 8.78. The predicted molar refractivity (Wildman–Crippen MR) is 127 cm³/mol. The molecule has 0 saturated carbocycles. The summed E-state index contributed by atoms with van der Waals surface area (Å²) in [6, 6.07) is 18.2. The van der Waals surface area contributed by atoms with Gasteiger partial charge in [0.1, 0.15) is 0 Å². The summed E-state index contributed by atoms with van der Waals surface area (Å²) in [7, 11) is 1.70. The van der Waals surface area contributed by atoms with Gasteiger partial charge < -0.3 is 9.47 Å². The van der Waals surface area contributed by atoms with E-state index in [-0.39, 0.29) is 11.2 Å². The van der Waals surface area contributed by atoms with Gasteiger partial charge in [-0.25, -0.2) is 4.79 Å². The van der Waals surface area contributed by atoms with Crippen LogP contribution in [-0.2, 0) is 26.6 Å². The molecule has 1 unspecified atom stereocenters. The molecule has 2 aromatic heterocycles. The monoisotopic (exact) mass is 429 g/mol. The summed E-state index contributed by atoms with van der Waals surface area (Å²) < 4.78 is 4.84. The molecule has 1 aliphatic heterocycles. The highest BCUT2D eigenvalue weighted by atomic mass is 16.2. The zero-order valence-corrected chi connectivity index (χ0v) is 18.7. The summed E-state index contributed by atoms with van der Waals surface area (Å²) in [5.41, 5.74) is 3.66. The quantitative estimate of drug-likeness (QED) is 0.500. The maximum absolute atomic E-state index is 13.5. The Morgan fingerprint density at radius 3 is 2.44 bits per heavy atom. The van der Waals surface area contributed by atoms with Crippen LogP contribution in [0.5, 0.6) is 0 Å². The van der Waals surface area contributed by atoms with Crippen molar-refractivity contribution in [3.05, 3.63) is 86.6 Å². The average molecular weight is 430 g/mol. The summed E-state index contributed by atoms with van der Waals surface area (Å²) >= 11 is 0. The third-order valence-corrected chi connectivity index (χ3v) is 6.25. The van der Waals surface area contributed by atoms with Gasteiger partial charge in [0.05, 0.1) is 0 Å². The highest BCUT2D eigenvalue weighted by Gasteiger charge is 2.29. The van der Waals surface area contributed by atoms with E-state index in [0.29, 0.717) is 36.6 Å². The third-order valence-electron chi connectivity index (χ3n) is 6.25. The number of rotatable bonds is 4. The second kappa shape index (κ2) is 7.82. The van der Waals surface area contributed by atoms with E-state index in [0.717, 1.165) is 23.7 Å². The van der Waals surface area contributed by atoms with Crippen LogP contribution >= 0.6 is 0 Å². The van der Waals surface area contributed by atoms with Crippen LogP contribution in [0.1, 0.15) is 18.1 Å². The molecule has 0 fully saturated rings. The second-order valence-corrected chi connectivity index (χ2v) is 8.78. The standard InChI is InChI=1S/C25H27N5O2/c1-17-9-11-20(12-10-17)29-15-18(2)16-30-21-22(26-24(29)30)27(3)25(32)28(23(21)31)14-13-19-7-5-4-6-8-19/h4-12,18H,13-16H2,1-3H3. The SMILES string of the molecule is Cc1ccc(N2CC(C)Cn3c2nc2c3c(=O)n(CCc3ccccc3)c(=O)n2C)cc1. The van der Waals surface area contributed by atoms with E-state index in [4.69, 9.17) is 4.98 Å². The number of hydrogen-bond acceptors (Lipinski definition) is 4. The Morgan fingerprint density at radius 1 is 1.00 bits per heavy atom. The molecular weight excluding hydrogens is 402 g/mol. The van der Waals surface area contributed by atoms with Crippen molar-refractivity contribution in [2.45, 2.75) is 33.4 Å². The minimum Gasteiger partial charge on any atom is -0.312 e. The topological polar surface area (TPSA) is 65.1 Å². The lowest BCUT2D eigenvalue weighted by atomic mass is 10.1. The summed E-state index contributed by atoms with van der Waals surface area (Å²) in [5.74, 6) is 1.05. The first-order valence-corrected chi connectivity index (χ1v) is 11.0. The van der Waals surface area contributed by atoms with Gasteiger partial charge in [-0.15, -0.1) is 0 Å². The molecule has 0 saturated heterocycles. The summed E-state index contributed by atoms with van der Waals surface area (Å²) in [5, 5.41) is 0. The predicted octanol–water partition coefficient (Wildman–Crippen LogP) is 3.24. The molecule has 0 amide bonds. The molecule has 0 aliphatic carbocycles. The molecule has 0 bridgehead atoms. The first-order valence-electron chi connectivity index (χ1n) is 11.0. The van der Waals surface area contributed by atoms with Gasteiger partial charge in [0.25, 0.3) is 5.56 Å². The minimum atomic E-state index is -0.330. The Bertz CT molecular complexity index is 1400. The first kappa shape index (κ1) is 20.3. The summed E-state index contributed by atoms with van der Waals surface area (Å²) in [6.07, 6.45) is 0.619. The normalized spacial score (nSPS) is 15.8. The van der Waals surface area contributed by atoms with Crippen LogP contribution in [0.4, 0.5) is 11.6 Å². The van der Waals surface area contributed by atoms with Crippen LogP contribution in [0.2, 0.25) is 0 Å². The first-order chi connectivity index (χ1) is 15.4. The molecule has 5 rings (SSSR count). The number of anilines is 2. The Kier molecular flexibility index (Phi) is 4.96. The van der Waals surface area contributed by atoms with Crippen molar-refractivity contribution in [2.24, 2.45) is 13.0 Å². The Morgan fingerprint density at radius 2 is 1.72 bits per heavy atom. The lowest BCUT2D eigenvalue weighted by Gasteiger charge is -2.33. The zero-order chi connectivity index (χ0) is 22.4. The molecule has 0 N–H and O–H groups in total. The van der Waals surface area contributed by atoms with Crippen molar-refractivity contribution in [1.29, 1.82) is 0 Å². The van der Waals surface area contributed by atoms with E-state index >= 15 is 0 Å². The maximum atomic E-state index is 13.5. The van der Waals surface area contributed by atoms with Gasteiger partial charge in [-0.3, -0.25) is 13.9 Å². The van der Waals surface area contributed by atoms with Gasteiger partial charge in [0, 0.05) is 32.4 Å². The van der Waals surface area contributed by atoms with E-state index in [1.807, 2.05) is 34.9 Å². The fourth-order valence-corrected chi connectivity index (χ4v) is 4.53. The van der Waals surface area contributed by atoms with Gasteiger partial charge in [-0.2, -0.15) is 4.98 Å². The van der Waals surface area contributed by atoms with E-state index < -0.39 is 0 Å². The smallest absolute Gasteiger partial charge is 0.312 e. The van der Waals surface area contributed by atoms with Crippen LogP contribution in [0, 0.1) is 12.8 Å². The molecule has 4 aromatic rings. The fraction of sp³-hybridized carbons (Fsp3) is 0.320. The number of nitrogens with zero attached hydrogens (tertiary/aromatic N) is 5. The lowest BCUT2D eigenvalue weighted by molar-refractivity contribution is 0.457. The molecule has 3 heterocycles. The van der Waals surface area contributed by atoms with Crippen LogP contribution in [0.25, 0.3) is 11.2 Å². The number of aryl methyl sites for hydroxylation is 3. The largest absolute Gasteiger partial charge is 0.332 e. The van der Waals surface area contributed by atoms with Crippen LogP contribution < -0.4 is 16.1 Å². The van der Waals surface area contributed by atoms with Crippen molar-refractivity contribution >= 4 is 22.8 Å². The Labute approximate surface area is 186 Å². The van der Waals surface area contributed by atoms with Gasteiger partial charge in [0.2, 0.25) is 5.95 Å². The van der Waals surface area contributed by atoms with E-state index in [2.05, 4.69) is 43.0 Å². The lowest BCUT2D eigenvalue weighted by Crippen LogP contribution is -2.40. The van der Waals surface area contributed by atoms with Crippen molar-refractivity contribution in [3.63, 3.8) is 0 Å². The van der Waals surface area contributed by atoms with Gasteiger partial charge in [-0.05, 0) is 37.0 Å². The number of fused-ring (bicyclic) bond motifs is 3. The Hall–Kier alpha value is -3.61. The maximum Gasteiger partial charge on any atom is 0.332 e. The van der Waals surface area contributed by atoms with Crippen LogP contribution in [0.3, 0.4) is 0 Å². The average Bonchev–Trinajstić information content (AvgIpc) is 3.18.